The van der Waals surface area contributed by atoms with E-state index in [4.69, 9.17) is 4.74 Å². The Morgan fingerprint density at radius 1 is 1.32 bits per heavy atom. The van der Waals surface area contributed by atoms with Crippen molar-refractivity contribution in [3.05, 3.63) is 47.2 Å². The molecule has 0 saturated heterocycles. The lowest BCUT2D eigenvalue weighted by molar-refractivity contribution is -0.138. The molecule has 1 aromatic rings. The van der Waals surface area contributed by atoms with Gasteiger partial charge in [0.25, 0.3) is 0 Å². The van der Waals surface area contributed by atoms with Gasteiger partial charge in [0, 0.05) is 11.4 Å². The molecule has 1 aromatic carbocycles. The number of benzene rings is 1. The van der Waals surface area contributed by atoms with Crippen molar-refractivity contribution in [1.82, 2.24) is 10.6 Å². The fourth-order valence-corrected chi connectivity index (χ4v) is 2.77. The number of urea groups is 1. The Kier molecular flexibility index (Phi) is 5.89. The van der Waals surface area contributed by atoms with Crippen LogP contribution in [0.4, 0.5) is 4.79 Å². The van der Waals surface area contributed by atoms with E-state index in [1.165, 1.54) is 0 Å². The minimum absolute atomic E-state index is 0.315. The van der Waals surface area contributed by atoms with Crippen LogP contribution in [-0.2, 0) is 9.53 Å². The molecule has 0 radical (unpaired) electrons. The summed E-state index contributed by atoms with van der Waals surface area (Å²) in [6.45, 7) is 4.14. The first kappa shape index (κ1) is 16.4. The van der Waals surface area contributed by atoms with Gasteiger partial charge >= 0.3 is 12.0 Å². The maximum Gasteiger partial charge on any atom is 0.338 e. The monoisotopic (exact) mass is 320 g/mol. The van der Waals surface area contributed by atoms with Gasteiger partial charge < -0.3 is 15.4 Å². The molecule has 2 N–H and O–H groups in total. The van der Waals surface area contributed by atoms with Crippen molar-refractivity contribution < 1.29 is 14.3 Å². The van der Waals surface area contributed by atoms with Gasteiger partial charge in [-0.2, -0.15) is 11.8 Å². The highest BCUT2D eigenvalue weighted by molar-refractivity contribution is 7.99. The van der Waals surface area contributed by atoms with E-state index < -0.39 is 12.0 Å². The lowest BCUT2D eigenvalue weighted by Crippen LogP contribution is -2.45. The van der Waals surface area contributed by atoms with Gasteiger partial charge in [0.05, 0.1) is 11.6 Å². The van der Waals surface area contributed by atoms with Crippen LogP contribution in [0.1, 0.15) is 25.5 Å². The first-order valence-corrected chi connectivity index (χ1v) is 8.37. The van der Waals surface area contributed by atoms with E-state index in [-0.39, 0.29) is 6.03 Å². The van der Waals surface area contributed by atoms with Crippen LogP contribution in [-0.4, -0.2) is 30.1 Å². The van der Waals surface area contributed by atoms with Crippen molar-refractivity contribution in [2.75, 3.05) is 18.1 Å². The molecule has 2 amide bonds. The van der Waals surface area contributed by atoms with Gasteiger partial charge in [-0.25, -0.2) is 9.59 Å². The van der Waals surface area contributed by atoms with Crippen LogP contribution in [0.2, 0.25) is 0 Å². The van der Waals surface area contributed by atoms with Crippen LogP contribution in [0.25, 0.3) is 0 Å². The number of amides is 2. The largest absolute Gasteiger partial charge is 0.461 e. The van der Waals surface area contributed by atoms with Crippen LogP contribution in [0.15, 0.2) is 41.6 Å². The number of esters is 1. The van der Waals surface area contributed by atoms with Crippen molar-refractivity contribution >= 4 is 23.8 Å². The number of carbonyl (C=O) groups excluding carboxylic acids is 2. The van der Waals surface area contributed by atoms with Crippen molar-refractivity contribution in [3.63, 3.8) is 0 Å². The molecule has 0 spiro atoms. The zero-order chi connectivity index (χ0) is 15.9. The molecule has 1 atom stereocenters. The van der Waals surface area contributed by atoms with Gasteiger partial charge in [-0.15, -0.1) is 0 Å². The smallest absolute Gasteiger partial charge is 0.338 e. The van der Waals surface area contributed by atoms with E-state index in [1.54, 1.807) is 18.7 Å². The van der Waals surface area contributed by atoms with E-state index in [1.807, 2.05) is 30.3 Å². The second kappa shape index (κ2) is 7.89. The van der Waals surface area contributed by atoms with Crippen molar-refractivity contribution in [1.29, 1.82) is 0 Å². The number of hydrogen-bond donors (Lipinski definition) is 2. The van der Waals surface area contributed by atoms with Crippen LogP contribution >= 0.6 is 11.8 Å². The normalized spacial score (nSPS) is 17.7. The summed E-state index contributed by atoms with van der Waals surface area (Å²) >= 11 is 1.72. The number of thioether (sulfide) groups is 1. The van der Waals surface area contributed by atoms with E-state index in [9.17, 15) is 9.59 Å². The fourth-order valence-electron chi connectivity index (χ4n) is 2.28. The molecule has 1 aliphatic rings. The molecular formula is C16H20N2O3S. The number of rotatable bonds is 6. The summed E-state index contributed by atoms with van der Waals surface area (Å²) < 4.78 is 5.33. The third-order valence-corrected chi connectivity index (χ3v) is 4.15. The Labute approximate surface area is 134 Å². The summed E-state index contributed by atoms with van der Waals surface area (Å²) in [5.41, 5.74) is 1.84. The molecular weight excluding hydrogens is 300 g/mol. The molecule has 0 unspecified atom stereocenters. The Morgan fingerprint density at radius 3 is 2.73 bits per heavy atom. The van der Waals surface area contributed by atoms with Gasteiger partial charge in [0.1, 0.15) is 6.61 Å². The highest BCUT2D eigenvalue weighted by Gasteiger charge is 2.31. The van der Waals surface area contributed by atoms with Gasteiger partial charge in [-0.05, 0) is 18.2 Å². The standard InChI is InChI=1S/C16H20N2O3S/c1-3-22-10-9-21-15(19)13-11(2)17-16(20)18-14(13)12-7-5-4-6-8-12/h4-8,14H,3,9-10H2,1-2H3,(H2,17,18,20)/t14-/m1/s1. The van der Waals surface area contributed by atoms with Crippen LogP contribution in [0.5, 0.6) is 0 Å². The van der Waals surface area contributed by atoms with Crippen LogP contribution < -0.4 is 10.6 Å². The Balaban J connectivity index is 2.18. The minimum atomic E-state index is -0.485. The molecule has 0 saturated carbocycles. The average molecular weight is 320 g/mol. The quantitative estimate of drug-likeness (QED) is 0.624. The zero-order valence-corrected chi connectivity index (χ0v) is 13.5. The second-order valence-corrected chi connectivity index (χ2v) is 6.21. The lowest BCUT2D eigenvalue weighted by Gasteiger charge is -2.28. The summed E-state index contributed by atoms with van der Waals surface area (Å²) in [7, 11) is 0. The van der Waals surface area contributed by atoms with E-state index in [2.05, 4.69) is 17.6 Å². The summed E-state index contributed by atoms with van der Waals surface area (Å²) in [6.07, 6.45) is 0. The van der Waals surface area contributed by atoms with Crippen molar-refractivity contribution in [2.24, 2.45) is 0 Å². The SMILES string of the molecule is CCSCCOC(=O)C1=C(C)NC(=O)N[C@@H]1c1ccccc1. The molecule has 1 heterocycles. The predicted molar refractivity (Wildman–Crippen MR) is 87.5 cm³/mol. The Morgan fingerprint density at radius 2 is 2.05 bits per heavy atom. The van der Waals surface area contributed by atoms with Gasteiger partial charge in [0.2, 0.25) is 0 Å². The minimum Gasteiger partial charge on any atom is -0.461 e. The summed E-state index contributed by atoms with van der Waals surface area (Å²) in [6, 6.07) is 8.60. The van der Waals surface area contributed by atoms with Gasteiger partial charge in [-0.3, -0.25) is 0 Å². The molecule has 0 aromatic heterocycles. The summed E-state index contributed by atoms with van der Waals surface area (Å²) in [4.78, 5) is 24.1. The first-order chi connectivity index (χ1) is 10.6. The number of allylic oxidation sites excluding steroid dienone is 1. The van der Waals surface area contributed by atoms with E-state index >= 15 is 0 Å². The highest BCUT2D eigenvalue weighted by Crippen LogP contribution is 2.27. The van der Waals surface area contributed by atoms with Gasteiger partial charge in [0.15, 0.2) is 0 Å². The van der Waals surface area contributed by atoms with Crippen molar-refractivity contribution in [3.8, 4) is 0 Å². The summed E-state index contributed by atoms with van der Waals surface area (Å²) in [5, 5.41) is 5.42. The van der Waals surface area contributed by atoms with E-state index in [0.29, 0.717) is 17.9 Å². The summed E-state index contributed by atoms with van der Waals surface area (Å²) in [5.74, 6) is 1.36. The third-order valence-electron chi connectivity index (χ3n) is 3.29. The van der Waals surface area contributed by atoms with Crippen LogP contribution in [0.3, 0.4) is 0 Å². The molecule has 1 aliphatic heterocycles. The number of carbonyl (C=O) groups is 2. The molecule has 0 bridgehead atoms. The molecule has 6 heteroatoms. The predicted octanol–water partition coefficient (Wildman–Crippen LogP) is 2.61. The first-order valence-electron chi connectivity index (χ1n) is 7.21. The number of hydrogen-bond acceptors (Lipinski definition) is 4. The Hall–Kier alpha value is -1.95. The average Bonchev–Trinajstić information content (AvgIpc) is 2.51. The molecule has 0 aliphatic carbocycles. The molecule has 118 valence electrons. The zero-order valence-electron chi connectivity index (χ0n) is 12.7. The maximum atomic E-state index is 12.4. The maximum absolute atomic E-state index is 12.4. The van der Waals surface area contributed by atoms with Crippen molar-refractivity contribution in [2.45, 2.75) is 19.9 Å². The highest BCUT2D eigenvalue weighted by atomic mass is 32.2. The number of ether oxygens (including phenoxy) is 1. The molecule has 5 nitrogen and oxygen atoms in total. The van der Waals surface area contributed by atoms with E-state index in [0.717, 1.165) is 17.1 Å². The molecule has 22 heavy (non-hydrogen) atoms. The molecule has 2 rings (SSSR count). The van der Waals surface area contributed by atoms with Crippen LogP contribution in [0, 0.1) is 0 Å². The lowest BCUT2D eigenvalue weighted by atomic mass is 9.96. The molecule has 0 fully saturated rings. The Bertz CT molecular complexity index is 572. The second-order valence-electron chi connectivity index (χ2n) is 4.81. The fraction of sp³-hybridized carbons (Fsp3) is 0.375. The number of nitrogens with one attached hydrogen (secondary N) is 2. The third kappa shape index (κ3) is 4.04. The topological polar surface area (TPSA) is 67.4 Å². The van der Waals surface area contributed by atoms with Gasteiger partial charge in [-0.1, -0.05) is 37.3 Å².